The van der Waals surface area contributed by atoms with Crippen LogP contribution in [0.3, 0.4) is 0 Å². The van der Waals surface area contributed by atoms with Crippen molar-refractivity contribution in [2.75, 3.05) is 39.2 Å². The van der Waals surface area contributed by atoms with Gasteiger partial charge in [0.05, 0.1) is 26.5 Å². The number of nitrogens with one attached hydrogen (secondary N) is 1. The van der Waals surface area contributed by atoms with E-state index >= 15 is 0 Å². The summed E-state index contributed by atoms with van der Waals surface area (Å²) >= 11 is 0. The summed E-state index contributed by atoms with van der Waals surface area (Å²) in [5.41, 5.74) is 0.543. The van der Waals surface area contributed by atoms with Gasteiger partial charge in [0.1, 0.15) is 11.5 Å². The van der Waals surface area contributed by atoms with E-state index in [1.54, 1.807) is 37.3 Å². The van der Waals surface area contributed by atoms with Crippen molar-refractivity contribution in [3.05, 3.63) is 18.2 Å². The van der Waals surface area contributed by atoms with E-state index in [0.717, 1.165) is 12.8 Å². The molecule has 0 aromatic heterocycles. The van der Waals surface area contributed by atoms with Gasteiger partial charge in [-0.1, -0.05) is 13.3 Å². The average Bonchev–Trinajstić information content (AvgIpc) is 2.51. The van der Waals surface area contributed by atoms with Crippen molar-refractivity contribution in [2.24, 2.45) is 0 Å². The largest absolute Gasteiger partial charge is 0.497 e. The fraction of sp³-hybridized carbons (Fsp3) is 0.533. The van der Waals surface area contributed by atoms with Gasteiger partial charge in [0.15, 0.2) is 0 Å². The van der Waals surface area contributed by atoms with Crippen molar-refractivity contribution in [1.82, 2.24) is 4.90 Å². The predicted molar refractivity (Wildman–Crippen MR) is 82.1 cm³/mol. The van der Waals surface area contributed by atoms with E-state index in [1.165, 1.54) is 0 Å². The van der Waals surface area contributed by atoms with Crippen molar-refractivity contribution < 1.29 is 19.4 Å². The van der Waals surface area contributed by atoms with E-state index in [2.05, 4.69) is 12.2 Å². The van der Waals surface area contributed by atoms with E-state index in [4.69, 9.17) is 14.6 Å². The van der Waals surface area contributed by atoms with Gasteiger partial charge in [-0.05, 0) is 18.6 Å². The normalized spacial score (nSPS) is 10.1. The Balaban J connectivity index is 2.83. The van der Waals surface area contributed by atoms with Gasteiger partial charge in [0.2, 0.25) is 0 Å². The number of carbonyl (C=O) groups is 1. The first-order valence-electron chi connectivity index (χ1n) is 7.05. The van der Waals surface area contributed by atoms with Crippen molar-refractivity contribution in [3.8, 4) is 11.5 Å². The molecule has 2 N–H and O–H groups in total. The number of ether oxygens (including phenoxy) is 2. The van der Waals surface area contributed by atoms with Gasteiger partial charge in [-0.25, -0.2) is 4.79 Å². The molecule has 1 aromatic rings. The number of hydrogen-bond donors (Lipinski definition) is 2. The Morgan fingerprint density at radius 2 is 2.05 bits per heavy atom. The van der Waals surface area contributed by atoms with Crippen LogP contribution >= 0.6 is 0 Å². The molecule has 0 radical (unpaired) electrons. The number of unbranched alkanes of at least 4 members (excludes halogenated alkanes) is 1. The number of methoxy groups -OCH3 is 2. The minimum absolute atomic E-state index is 0.0631. The van der Waals surface area contributed by atoms with Crippen molar-refractivity contribution in [3.63, 3.8) is 0 Å². The summed E-state index contributed by atoms with van der Waals surface area (Å²) in [5.74, 6) is 1.19. The number of carbonyl (C=O) groups excluding carboxylic acids is 1. The van der Waals surface area contributed by atoms with Crippen LogP contribution in [-0.2, 0) is 0 Å². The lowest BCUT2D eigenvalue weighted by Gasteiger charge is -2.22. The number of anilines is 1. The van der Waals surface area contributed by atoms with E-state index in [9.17, 15) is 4.79 Å². The maximum Gasteiger partial charge on any atom is 0.322 e. The number of nitrogens with zero attached hydrogens (tertiary/aromatic N) is 1. The predicted octanol–water partition coefficient (Wildman–Crippen LogP) is 2.33. The van der Waals surface area contributed by atoms with Crippen LogP contribution in [0, 0.1) is 0 Å². The second-order valence-electron chi connectivity index (χ2n) is 4.56. The van der Waals surface area contributed by atoms with Crippen LogP contribution in [0.25, 0.3) is 0 Å². The molecule has 0 unspecified atom stereocenters. The quantitative estimate of drug-likeness (QED) is 0.772. The highest BCUT2D eigenvalue weighted by atomic mass is 16.5. The lowest BCUT2D eigenvalue weighted by atomic mass is 10.2. The molecule has 0 atom stereocenters. The molecule has 6 heteroatoms. The highest BCUT2D eigenvalue weighted by Gasteiger charge is 2.15. The zero-order valence-electron chi connectivity index (χ0n) is 12.9. The molecule has 21 heavy (non-hydrogen) atoms. The van der Waals surface area contributed by atoms with Crippen molar-refractivity contribution in [2.45, 2.75) is 19.8 Å². The Kier molecular flexibility index (Phi) is 7.39. The second kappa shape index (κ2) is 9.07. The highest BCUT2D eigenvalue weighted by Crippen LogP contribution is 2.29. The summed E-state index contributed by atoms with van der Waals surface area (Å²) in [5, 5.41) is 11.9. The molecule has 0 spiro atoms. The second-order valence-corrected chi connectivity index (χ2v) is 4.56. The van der Waals surface area contributed by atoms with Gasteiger partial charge < -0.3 is 24.8 Å². The lowest BCUT2D eigenvalue weighted by Crippen LogP contribution is -2.37. The Labute approximate surface area is 125 Å². The number of urea groups is 1. The number of benzene rings is 1. The minimum atomic E-state index is -0.260. The standard InChI is InChI=1S/C15H24N2O4/c1-4-5-8-17(9-10-18)15(19)16-13-11-12(20-2)6-7-14(13)21-3/h6-7,11,18H,4-5,8-10H2,1-3H3,(H,16,19). The molecular weight excluding hydrogens is 272 g/mol. The number of amides is 2. The fourth-order valence-electron chi connectivity index (χ4n) is 1.89. The molecule has 0 saturated heterocycles. The van der Waals surface area contributed by atoms with Crippen molar-refractivity contribution >= 4 is 11.7 Å². The van der Waals surface area contributed by atoms with Gasteiger partial charge in [0, 0.05) is 19.2 Å². The number of hydrogen-bond acceptors (Lipinski definition) is 4. The van der Waals surface area contributed by atoms with Gasteiger partial charge >= 0.3 is 6.03 Å². The summed E-state index contributed by atoms with van der Waals surface area (Å²) in [4.78, 5) is 13.9. The molecule has 2 amide bonds. The Bertz CT molecular complexity index is 451. The summed E-state index contributed by atoms with van der Waals surface area (Å²) in [6.07, 6.45) is 1.88. The molecule has 6 nitrogen and oxygen atoms in total. The maximum absolute atomic E-state index is 12.3. The van der Waals surface area contributed by atoms with Crippen molar-refractivity contribution in [1.29, 1.82) is 0 Å². The van der Waals surface area contributed by atoms with Crippen LogP contribution in [0.15, 0.2) is 18.2 Å². The van der Waals surface area contributed by atoms with Crippen LogP contribution in [0.2, 0.25) is 0 Å². The van der Waals surface area contributed by atoms with Gasteiger partial charge in [0.25, 0.3) is 0 Å². The third kappa shape index (κ3) is 5.15. The first-order valence-corrected chi connectivity index (χ1v) is 7.05. The number of aliphatic hydroxyl groups excluding tert-OH is 1. The fourth-order valence-corrected chi connectivity index (χ4v) is 1.89. The zero-order valence-corrected chi connectivity index (χ0v) is 12.9. The summed E-state index contributed by atoms with van der Waals surface area (Å²) in [6, 6.07) is 4.94. The van der Waals surface area contributed by atoms with Gasteiger partial charge in [-0.15, -0.1) is 0 Å². The summed E-state index contributed by atoms with van der Waals surface area (Å²) < 4.78 is 10.4. The molecule has 0 saturated carbocycles. The number of rotatable bonds is 8. The SMILES string of the molecule is CCCCN(CCO)C(=O)Nc1cc(OC)ccc1OC. The van der Waals surface area contributed by atoms with E-state index < -0.39 is 0 Å². The molecular formula is C15H24N2O4. The van der Waals surface area contributed by atoms with Crippen LogP contribution in [0.4, 0.5) is 10.5 Å². The molecule has 0 fully saturated rings. The monoisotopic (exact) mass is 296 g/mol. The molecule has 0 aliphatic carbocycles. The Hall–Kier alpha value is -1.95. The molecule has 1 rings (SSSR count). The molecule has 0 bridgehead atoms. The van der Waals surface area contributed by atoms with Crippen LogP contribution in [-0.4, -0.2) is 50.0 Å². The molecule has 0 heterocycles. The third-order valence-electron chi connectivity index (χ3n) is 3.09. The van der Waals surface area contributed by atoms with Gasteiger partial charge in [-0.2, -0.15) is 0 Å². The Morgan fingerprint density at radius 1 is 1.29 bits per heavy atom. The maximum atomic E-state index is 12.3. The molecule has 118 valence electrons. The summed E-state index contributed by atoms with van der Waals surface area (Å²) in [7, 11) is 3.10. The summed E-state index contributed by atoms with van der Waals surface area (Å²) in [6.45, 7) is 2.90. The third-order valence-corrected chi connectivity index (χ3v) is 3.09. The lowest BCUT2D eigenvalue weighted by molar-refractivity contribution is 0.187. The number of aliphatic hydroxyl groups is 1. The average molecular weight is 296 g/mol. The zero-order chi connectivity index (χ0) is 15.7. The highest BCUT2D eigenvalue weighted by molar-refractivity contribution is 5.91. The van der Waals surface area contributed by atoms with Crippen LogP contribution < -0.4 is 14.8 Å². The Morgan fingerprint density at radius 3 is 2.62 bits per heavy atom. The van der Waals surface area contributed by atoms with E-state index in [0.29, 0.717) is 30.3 Å². The van der Waals surface area contributed by atoms with Gasteiger partial charge in [-0.3, -0.25) is 0 Å². The van der Waals surface area contributed by atoms with Crippen LogP contribution in [0.1, 0.15) is 19.8 Å². The molecule has 0 aliphatic rings. The van der Waals surface area contributed by atoms with Crippen LogP contribution in [0.5, 0.6) is 11.5 Å². The first kappa shape index (κ1) is 17.1. The van der Waals surface area contributed by atoms with E-state index in [1.807, 2.05) is 0 Å². The smallest absolute Gasteiger partial charge is 0.322 e. The van der Waals surface area contributed by atoms with E-state index in [-0.39, 0.29) is 12.6 Å². The molecule has 0 aliphatic heterocycles. The molecule has 1 aromatic carbocycles. The topological polar surface area (TPSA) is 71.0 Å². The first-order chi connectivity index (χ1) is 10.2. The minimum Gasteiger partial charge on any atom is -0.497 e.